The Hall–Kier alpha value is -0.610. The van der Waals surface area contributed by atoms with Gasteiger partial charge in [0.1, 0.15) is 0 Å². The third-order valence-corrected chi connectivity index (χ3v) is 2.80. The highest BCUT2D eigenvalue weighted by Crippen LogP contribution is 2.24. The molecule has 1 aliphatic rings. The molecule has 1 fully saturated rings. The van der Waals surface area contributed by atoms with Crippen LogP contribution in [0.3, 0.4) is 0 Å². The summed E-state index contributed by atoms with van der Waals surface area (Å²) in [7, 11) is 2.03. The van der Waals surface area contributed by atoms with Crippen molar-refractivity contribution in [2.75, 3.05) is 26.7 Å². The van der Waals surface area contributed by atoms with E-state index in [-0.39, 0.29) is 24.3 Å². The molecule has 4 heteroatoms. The molecule has 76 valence electrons. The minimum atomic E-state index is -0.216. The van der Waals surface area contributed by atoms with Gasteiger partial charge in [-0.15, -0.1) is 0 Å². The van der Waals surface area contributed by atoms with E-state index in [0.29, 0.717) is 6.42 Å². The number of rotatable bonds is 3. The third kappa shape index (κ3) is 2.67. The van der Waals surface area contributed by atoms with Crippen LogP contribution < -0.4 is 5.73 Å². The molecule has 0 spiro atoms. The van der Waals surface area contributed by atoms with Gasteiger partial charge in [-0.25, -0.2) is 0 Å². The molecule has 3 N–H and O–H groups in total. The van der Waals surface area contributed by atoms with Gasteiger partial charge in [0.2, 0.25) is 5.91 Å². The first-order valence-corrected chi connectivity index (χ1v) is 4.74. The molecular formula is C9H18N2O2. The van der Waals surface area contributed by atoms with Crippen LogP contribution in [-0.2, 0) is 4.79 Å². The van der Waals surface area contributed by atoms with Crippen molar-refractivity contribution >= 4 is 5.91 Å². The van der Waals surface area contributed by atoms with Gasteiger partial charge in [0.15, 0.2) is 0 Å². The van der Waals surface area contributed by atoms with Crippen LogP contribution in [0.1, 0.15) is 12.8 Å². The fraction of sp³-hybridized carbons (Fsp3) is 0.889. The molecule has 13 heavy (non-hydrogen) atoms. The number of hydrogen-bond donors (Lipinski definition) is 2. The molecule has 0 aromatic rings. The monoisotopic (exact) mass is 186 g/mol. The summed E-state index contributed by atoms with van der Waals surface area (Å²) in [6.07, 6.45) is 1.51. The van der Waals surface area contributed by atoms with E-state index in [0.717, 1.165) is 19.5 Å². The van der Waals surface area contributed by atoms with Gasteiger partial charge in [-0.3, -0.25) is 4.79 Å². The minimum Gasteiger partial charge on any atom is -0.396 e. The summed E-state index contributed by atoms with van der Waals surface area (Å²) in [5, 5.41) is 8.83. The quantitative estimate of drug-likeness (QED) is 0.620. The Kier molecular flexibility index (Phi) is 3.69. The molecular weight excluding hydrogens is 168 g/mol. The van der Waals surface area contributed by atoms with Gasteiger partial charge < -0.3 is 15.7 Å². The van der Waals surface area contributed by atoms with Crippen molar-refractivity contribution < 1.29 is 9.90 Å². The number of aliphatic hydroxyl groups is 1. The van der Waals surface area contributed by atoms with Crippen LogP contribution in [0.4, 0.5) is 0 Å². The van der Waals surface area contributed by atoms with E-state index in [2.05, 4.69) is 4.90 Å². The molecule has 1 heterocycles. The summed E-state index contributed by atoms with van der Waals surface area (Å²) >= 11 is 0. The summed E-state index contributed by atoms with van der Waals surface area (Å²) in [5.41, 5.74) is 5.29. The minimum absolute atomic E-state index is 0.0386. The van der Waals surface area contributed by atoms with Crippen LogP contribution in [0.25, 0.3) is 0 Å². The van der Waals surface area contributed by atoms with Gasteiger partial charge in [0.25, 0.3) is 0 Å². The number of nitrogens with two attached hydrogens (primary N) is 1. The topological polar surface area (TPSA) is 66.6 Å². The Morgan fingerprint density at radius 3 is 2.92 bits per heavy atom. The lowest BCUT2D eigenvalue weighted by Crippen LogP contribution is -2.43. The lowest BCUT2D eigenvalue weighted by atomic mass is 9.83. The zero-order valence-corrected chi connectivity index (χ0v) is 8.07. The molecule has 1 saturated heterocycles. The number of piperidine rings is 1. The van der Waals surface area contributed by atoms with E-state index >= 15 is 0 Å². The van der Waals surface area contributed by atoms with Crippen LogP contribution in [-0.4, -0.2) is 42.7 Å². The van der Waals surface area contributed by atoms with Gasteiger partial charge in [0.05, 0.1) is 0 Å². The van der Waals surface area contributed by atoms with Gasteiger partial charge in [-0.2, -0.15) is 0 Å². The van der Waals surface area contributed by atoms with Crippen molar-refractivity contribution in [3.05, 3.63) is 0 Å². The smallest absolute Gasteiger partial charge is 0.220 e. The third-order valence-electron chi connectivity index (χ3n) is 2.80. The van der Waals surface area contributed by atoms with Crippen molar-refractivity contribution in [1.82, 2.24) is 4.90 Å². The number of nitrogens with zero attached hydrogens (tertiary/aromatic N) is 1. The predicted molar refractivity (Wildman–Crippen MR) is 50.0 cm³/mol. The first-order chi connectivity index (χ1) is 6.15. The maximum Gasteiger partial charge on any atom is 0.220 e. The summed E-state index contributed by atoms with van der Waals surface area (Å²) in [6.45, 7) is 1.94. The molecule has 1 amide bonds. The first kappa shape index (κ1) is 10.5. The fourth-order valence-corrected chi connectivity index (χ4v) is 2.05. The largest absolute Gasteiger partial charge is 0.396 e. The summed E-state index contributed by atoms with van der Waals surface area (Å²) in [4.78, 5) is 13.2. The molecule has 1 aliphatic heterocycles. The molecule has 0 radical (unpaired) electrons. The standard InChI is InChI=1S/C9H18N2O2/c1-11-4-2-8(9(10)13)7(6-11)3-5-12/h7-8,12H,2-6H2,1H3,(H2,10,13). The van der Waals surface area contributed by atoms with E-state index in [9.17, 15) is 4.79 Å². The van der Waals surface area contributed by atoms with Crippen LogP contribution in [0.2, 0.25) is 0 Å². The summed E-state index contributed by atoms with van der Waals surface area (Å²) in [5.74, 6) is -0.0175. The second-order valence-electron chi connectivity index (χ2n) is 3.83. The number of aliphatic hydroxyl groups excluding tert-OH is 1. The van der Waals surface area contributed by atoms with Gasteiger partial charge in [-0.05, 0) is 32.4 Å². The normalized spacial score (nSPS) is 30.3. The second-order valence-corrected chi connectivity index (χ2v) is 3.83. The van der Waals surface area contributed by atoms with Gasteiger partial charge in [-0.1, -0.05) is 0 Å². The highest BCUT2D eigenvalue weighted by Gasteiger charge is 2.30. The lowest BCUT2D eigenvalue weighted by Gasteiger charge is -2.34. The van der Waals surface area contributed by atoms with Crippen molar-refractivity contribution in [2.45, 2.75) is 12.8 Å². The van der Waals surface area contributed by atoms with E-state index in [4.69, 9.17) is 10.8 Å². The molecule has 0 aliphatic carbocycles. The van der Waals surface area contributed by atoms with Crippen LogP contribution in [0, 0.1) is 11.8 Å². The Morgan fingerprint density at radius 1 is 1.69 bits per heavy atom. The maximum atomic E-state index is 11.1. The SMILES string of the molecule is CN1CCC(C(N)=O)C(CCO)C1. The molecule has 4 nitrogen and oxygen atoms in total. The maximum absolute atomic E-state index is 11.1. The molecule has 2 unspecified atom stereocenters. The van der Waals surface area contributed by atoms with E-state index in [1.807, 2.05) is 7.05 Å². The molecule has 0 bridgehead atoms. The molecule has 1 rings (SSSR count). The van der Waals surface area contributed by atoms with Crippen molar-refractivity contribution in [3.63, 3.8) is 0 Å². The van der Waals surface area contributed by atoms with Crippen LogP contribution in [0.15, 0.2) is 0 Å². The van der Waals surface area contributed by atoms with Gasteiger partial charge in [0, 0.05) is 19.1 Å². The number of carbonyl (C=O) groups excluding carboxylic acids is 1. The van der Waals surface area contributed by atoms with E-state index < -0.39 is 0 Å². The summed E-state index contributed by atoms with van der Waals surface area (Å²) < 4.78 is 0. The second kappa shape index (κ2) is 4.58. The highest BCUT2D eigenvalue weighted by atomic mass is 16.3. The average Bonchev–Trinajstić information content (AvgIpc) is 2.04. The molecule has 0 saturated carbocycles. The molecule has 0 aromatic carbocycles. The summed E-state index contributed by atoms with van der Waals surface area (Å²) in [6, 6.07) is 0. The van der Waals surface area contributed by atoms with Crippen molar-refractivity contribution in [1.29, 1.82) is 0 Å². The Labute approximate surface area is 78.7 Å². The lowest BCUT2D eigenvalue weighted by molar-refractivity contribution is -0.125. The van der Waals surface area contributed by atoms with E-state index in [1.165, 1.54) is 0 Å². The Morgan fingerprint density at radius 2 is 2.38 bits per heavy atom. The zero-order valence-electron chi connectivity index (χ0n) is 8.07. The van der Waals surface area contributed by atoms with Crippen molar-refractivity contribution in [2.24, 2.45) is 17.6 Å². The number of primary amides is 1. The number of amides is 1. The molecule has 2 atom stereocenters. The van der Waals surface area contributed by atoms with Gasteiger partial charge >= 0.3 is 0 Å². The Balaban J connectivity index is 2.55. The highest BCUT2D eigenvalue weighted by molar-refractivity contribution is 5.77. The number of likely N-dealkylation sites (tertiary alicyclic amines) is 1. The van der Waals surface area contributed by atoms with Crippen molar-refractivity contribution in [3.8, 4) is 0 Å². The van der Waals surface area contributed by atoms with Crippen LogP contribution in [0.5, 0.6) is 0 Å². The fourth-order valence-electron chi connectivity index (χ4n) is 2.05. The number of carbonyl (C=O) groups is 1. The Bertz CT molecular complexity index is 184. The van der Waals surface area contributed by atoms with Crippen LogP contribution >= 0.6 is 0 Å². The first-order valence-electron chi connectivity index (χ1n) is 4.74. The number of hydrogen-bond acceptors (Lipinski definition) is 3. The average molecular weight is 186 g/mol. The van der Waals surface area contributed by atoms with E-state index in [1.54, 1.807) is 0 Å². The predicted octanol–water partition coefficient (Wildman–Crippen LogP) is -0.578. The zero-order chi connectivity index (χ0) is 9.84. The molecule has 0 aromatic heterocycles.